The second-order valence-corrected chi connectivity index (χ2v) is 5.10. The van der Waals surface area contributed by atoms with Crippen LogP contribution in [0.3, 0.4) is 0 Å². The average Bonchev–Trinajstić information content (AvgIpc) is 2.92. The van der Waals surface area contributed by atoms with Gasteiger partial charge in [-0.15, -0.1) is 10.2 Å². The molecule has 0 radical (unpaired) electrons. The number of hydrogen-bond donors (Lipinski definition) is 0. The van der Waals surface area contributed by atoms with Crippen LogP contribution in [0.15, 0.2) is 53.0 Å². The van der Waals surface area contributed by atoms with Gasteiger partial charge in [-0.2, -0.15) is 4.80 Å². The SMILES string of the molecule is Fc1ccc(Cn2nnc(-c3ccccc3)n2)c(Br)c1. The van der Waals surface area contributed by atoms with Gasteiger partial charge in [-0.25, -0.2) is 4.39 Å². The van der Waals surface area contributed by atoms with Crippen molar-refractivity contribution in [3.63, 3.8) is 0 Å². The molecular weight excluding hydrogens is 323 g/mol. The van der Waals surface area contributed by atoms with E-state index < -0.39 is 0 Å². The van der Waals surface area contributed by atoms with Crippen molar-refractivity contribution in [1.82, 2.24) is 20.2 Å². The molecule has 0 fully saturated rings. The van der Waals surface area contributed by atoms with Gasteiger partial charge >= 0.3 is 0 Å². The molecule has 6 heteroatoms. The summed E-state index contributed by atoms with van der Waals surface area (Å²) in [6, 6.07) is 14.2. The Kier molecular flexibility index (Phi) is 3.56. The van der Waals surface area contributed by atoms with Gasteiger partial charge in [0, 0.05) is 10.0 Å². The van der Waals surface area contributed by atoms with E-state index in [1.54, 1.807) is 6.07 Å². The summed E-state index contributed by atoms with van der Waals surface area (Å²) in [6.45, 7) is 0.431. The quantitative estimate of drug-likeness (QED) is 0.739. The molecule has 0 atom stereocenters. The topological polar surface area (TPSA) is 43.6 Å². The minimum absolute atomic E-state index is 0.280. The van der Waals surface area contributed by atoms with Gasteiger partial charge in [0.15, 0.2) is 0 Å². The van der Waals surface area contributed by atoms with Crippen LogP contribution in [0.5, 0.6) is 0 Å². The molecule has 0 aliphatic carbocycles. The molecule has 1 heterocycles. The number of benzene rings is 2. The Morgan fingerprint density at radius 3 is 2.65 bits per heavy atom. The number of tetrazole rings is 1. The lowest BCUT2D eigenvalue weighted by Crippen LogP contribution is -2.04. The maximum absolute atomic E-state index is 13.0. The van der Waals surface area contributed by atoms with Crippen LogP contribution in [0.1, 0.15) is 5.56 Å². The first kappa shape index (κ1) is 12.9. The molecule has 0 amide bonds. The van der Waals surface area contributed by atoms with Gasteiger partial charge in [0.1, 0.15) is 5.82 Å². The van der Waals surface area contributed by atoms with Gasteiger partial charge in [0.25, 0.3) is 0 Å². The molecule has 1 aromatic heterocycles. The molecular formula is C14H10BrFN4. The van der Waals surface area contributed by atoms with Crippen LogP contribution >= 0.6 is 15.9 Å². The van der Waals surface area contributed by atoms with E-state index >= 15 is 0 Å². The smallest absolute Gasteiger partial charge is 0.204 e. The van der Waals surface area contributed by atoms with Crippen LogP contribution < -0.4 is 0 Å². The van der Waals surface area contributed by atoms with E-state index in [0.29, 0.717) is 16.8 Å². The lowest BCUT2D eigenvalue weighted by Gasteiger charge is -2.02. The third-order valence-corrected chi connectivity index (χ3v) is 3.55. The van der Waals surface area contributed by atoms with Crippen molar-refractivity contribution < 1.29 is 4.39 Å². The molecule has 100 valence electrons. The van der Waals surface area contributed by atoms with Crippen molar-refractivity contribution in [2.24, 2.45) is 0 Å². The monoisotopic (exact) mass is 332 g/mol. The Morgan fingerprint density at radius 2 is 1.90 bits per heavy atom. The van der Waals surface area contributed by atoms with Crippen LogP contribution in [0.4, 0.5) is 4.39 Å². The highest BCUT2D eigenvalue weighted by Crippen LogP contribution is 2.19. The molecule has 0 N–H and O–H groups in total. The third kappa shape index (κ3) is 2.75. The van der Waals surface area contributed by atoms with Gasteiger partial charge in [0.2, 0.25) is 5.82 Å². The van der Waals surface area contributed by atoms with E-state index in [-0.39, 0.29) is 5.82 Å². The summed E-state index contributed by atoms with van der Waals surface area (Å²) < 4.78 is 13.7. The molecule has 0 saturated carbocycles. The maximum atomic E-state index is 13.0. The molecule has 20 heavy (non-hydrogen) atoms. The van der Waals surface area contributed by atoms with E-state index in [9.17, 15) is 4.39 Å². The summed E-state index contributed by atoms with van der Waals surface area (Å²) in [6.07, 6.45) is 0. The molecule has 0 aliphatic rings. The van der Waals surface area contributed by atoms with Gasteiger partial charge in [-0.1, -0.05) is 52.3 Å². The van der Waals surface area contributed by atoms with Crippen LogP contribution in [0.2, 0.25) is 0 Å². The van der Waals surface area contributed by atoms with Crippen LogP contribution in [-0.4, -0.2) is 20.2 Å². The molecule has 3 aromatic rings. The van der Waals surface area contributed by atoms with E-state index in [1.165, 1.54) is 16.9 Å². The fourth-order valence-corrected chi connectivity index (χ4v) is 2.29. The standard InChI is InChI=1S/C14H10BrFN4/c15-13-8-12(16)7-6-11(13)9-20-18-14(17-19-20)10-4-2-1-3-5-10/h1-8H,9H2. The number of halogens is 2. The van der Waals surface area contributed by atoms with E-state index in [2.05, 4.69) is 31.3 Å². The summed E-state index contributed by atoms with van der Waals surface area (Å²) in [4.78, 5) is 1.49. The van der Waals surface area contributed by atoms with Crippen molar-refractivity contribution in [1.29, 1.82) is 0 Å². The summed E-state index contributed by atoms with van der Waals surface area (Å²) in [7, 11) is 0. The lowest BCUT2D eigenvalue weighted by molar-refractivity contribution is 0.569. The van der Waals surface area contributed by atoms with Gasteiger partial charge in [0.05, 0.1) is 6.54 Å². The Bertz CT molecular complexity index is 727. The fraction of sp³-hybridized carbons (Fsp3) is 0.0714. The molecule has 0 bridgehead atoms. The van der Waals surface area contributed by atoms with Crippen molar-refractivity contribution in [2.75, 3.05) is 0 Å². The van der Waals surface area contributed by atoms with Crippen LogP contribution in [0.25, 0.3) is 11.4 Å². The third-order valence-electron chi connectivity index (χ3n) is 2.81. The minimum atomic E-state index is -0.280. The molecule has 0 spiro atoms. The molecule has 3 rings (SSSR count). The Morgan fingerprint density at radius 1 is 1.10 bits per heavy atom. The average molecular weight is 333 g/mol. The largest absolute Gasteiger partial charge is 0.207 e. The highest BCUT2D eigenvalue weighted by molar-refractivity contribution is 9.10. The van der Waals surface area contributed by atoms with Crippen molar-refractivity contribution in [3.8, 4) is 11.4 Å². The van der Waals surface area contributed by atoms with Crippen molar-refractivity contribution in [2.45, 2.75) is 6.54 Å². The summed E-state index contributed by atoms with van der Waals surface area (Å²) in [5.74, 6) is 0.293. The predicted molar refractivity (Wildman–Crippen MR) is 76.5 cm³/mol. The number of nitrogens with zero attached hydrogens (tertiary/aromatic N) is 4. The second-order valence-electron chi connectivity index (χ2n) is 4.25. The zero-order chi connectivity index (χ0) is 13.9. The zero-order valence-electron chi connectivity index (χ0n) is 10.4. The Labute approximate surface area is 123 Å². The number of rotatable bonds is 3. The first-order chi connectivity index (χ1) is 9.72. The van der Waals surface area contributed by atoms with Crippen LogP contribution in [0, 0.1) is 5.82 Å². The van der Waals surface area contributed by atoms with Crippen LogP contribution in [-0.2, 0) is 6.54 Å². The Balaban J connectivity index is 1.84. The fourth-order valence-electron chi connectivity index (χ4n) is 1.82. The lowest BCUT2D eigenvalue weighted by atomic mass is 10.2. The molecule has 0 unspecified atom stereocenters. The molecule has 2 aromatic carbocycles. The second kappa shape index (κ2) is 5.50. The Hall–Kier alpha value is -2.08. The van der Waals surface area contributed by atoms with E-state index in [4.69, 9.17) is 0 Å². The first-order valence-electron chi connectivity index (χ1n) is 5.99. The van der Waals surface area contributed by atoms with Crippen molar-refractivity contribution in [3.05, 3.63) is 64.4 Å². The van der Waals surface area contributed by atoms with E-state index in [1.807, 2.05) is 30.3 Å². The molecule has 4 nitrogen and oxygen atoms in total. The van der Waals surface area contributed by atoms with Gasteiger partial charge in [-0.05, 0) is 22.9 Å². The van der Waals surface area contributed by atoms with E-state index in [0.717, 1.165) is 11.1 Å². The summed E-state index contributed by atoms with van der Waals surface area (Å²) in [5.41, 5.74) is 1.81. The number of hydrogen-bond acceptors (Lipinski definition) is 3. The summed E-state index contributed by atoms with van der Waals surface area (Å²) in [5, 5.41) is 12.4. The highest BCUT2D eigenvalue weighted by Gasteiger charge is 2.08. The molecule has 0 aliphatic heterocycles. The normalized spacial score (nSPS) is 10.7. The molecule has 0 saturated heterocycles. The minimum Gasteiger partial charge on any atom is -0.207 e. The highest BCUT2D eigenvalue weighted by atomic mass is 79.9. The zero-order valence-corrected chi connectivity index (χ0v) is 12.0. The van der Waals surface area contributed by atoms with Gasteiger partial charge < -0.3 is 0 Å². The first-order valence-corrected chi connectivity index (χ1v) is 6.79. The maximum Gasteiger partial charge on any atom is 0.204 e. The van der Waals surface area contributed by atoms with Crippen molar-refractivity contribution >= 4 is 15.9 Å². The predicted octanol–water partition coefficient (Wildman–Crippen LogP) is 3.29. The van der Waals surface area contributed by atoms with Gasteiger partial charge in [-0.3, -0.25) is 0 Å². The summed E-state index contributed by atoms with van der Waals surface area (Å²) >= 11 is 3.33. The number of aromatic nitrogens is 4.